The zero-order valence-electron chi connectivity index (χ0n) is 13.0. The third kappa shape index (κ3) is 4.15. The lowest BCUT2D eigenvalue weighted by Gasteiger charge is -2.14. The fourth-order valence-electron chi connectivity index (χ4n) is 1.89. The van der Waals surface area contributed by atoms with Crippen molar-refractivity contribution < 1.29 is 23.5 Å². The van der Waals surface area contributed by atoms with Crippen LogP contribution in [0.3, 0.4) is 0 Å². The first kappa shape index (κ1) is 18.5. The number of carbonyl (C=O) groups excluding carboxylic acids is 3. The number of benzene rings is 1. The molecule has 0 unspecified atom stereocenters. The number of rotatable bonds is 5. The standard InChI is InChI=1S/C16H15ClFNO4S/c1-3-9(2)23-14(20)8-19-15(21)13(24-16(19)22)7-10-11(17)5-4-6-12(10)18/h4-7,9H,3,8H2,1-2H3/b13-7-/t9-/m1/s1. The molecule has 1 saturated heterocycles. The van der Waals surface area contributed by atoms with Crippen LogP contribution in [-0.2, 0) is 14.3 Å². The van der Waals surface area contributed by atoms with Crippen molar-refractivity contribution in [3.8, 4) is 0 Å². The van der Waals surface area contributed by atoms with Crippen LogP contribution in [0.2, 0.25) is 5.02 Å². The molecule has 128 valence electrons. The van der Waals surface area contributed by atoms with Gasteiger partial charge in [0.25, 0.3) is 11.1 Å². The van der Waals surface area contributed by atoms with E-state index in [-0.39, 0.29) is 21.6 Å². The Morgan fingerprint density at radius 1 is 1.46 bits per heavy atom. The summed E-state index contributed by atoms with van der Waals surface area (Å²) < 4.78 is 18.9. The van der Waals surface area contributed by atoms with Gasteiger partial charge in [-0.2, -0.15) is 0 Å². The van der Waals surface area contributed by atoms with Gasteiger partial charge in [-0.1, -0.05) is 24.6 Å². The minimum absolute atomic E-state index is 0.00309. The fourth-order valence-corrected chi connectivity index (χ4v) is 2.93. The van der Waals surface area contributed by atoms with Gasteiger partial charge in [0.1, 0.15) is 12.4 Å². The Morgan fingerprint density at radius 2 is 2.17 bits per heavy atom. The predicted octanol–water partition coefficient (Wildman–Crippen LogP) is 3.86. The van der Waals surface area contributed by atoms with Crippen molar-refractivity contribution >= 4 is 46.6 Å². The molecule has 0 radical (unpaired) electrons. The molecule has 24 heavy (non-hydrogen) atoms. The summed E-state index contributed by atoms with van der Waals surface area (Å²) in [5, 5.41) is -0.488. The van der Waals surface area contributed by atoms with E-state index in [4.69, 9.17) is 16.3 Å². The number of halogens is 2. The maximum Gasteiger partial charge on any atom is 0.326 e. The molecule has 1 heterocycles. The van der Waals surface area contributed by atoms with E-state index >= 15 is 0 Å². The molecular formula is C16H15ClFNO4S. The summed E-state index contributed by atoms with van der Waals surface area (Å²) in [5.41, 5.74) is 0.0202. The molecule has 0 bridgehead atoms. The van der Waals surface area contributed by atoms with Gasteiger partial charge in [0.05, 0.1) is 16.0 Å². The zero-order chi connectivity index (χ0) is 17.9. The number of hydrogen-bond donors (Lipinski definition) is 0. The molecule has 2 rings (SSSR count). The Kier molecular flexibility index (Phi) is 6.01. The summed E-state index contributed by atoms with van der Waals surface area (Å²) in [7, 11) is 0. The van der Waals surface area contributed by atoms with Gasteiger partial charge < -0.3 is 4.74 Å². The lowest BCUT2D eigenvalue weighted by atomic mass is 10.2. The van der Waals surface area contributed by atoms with Crippen LogP contribution in [0.4, 0.5) is 9.18 Å². The quantitative estimate of drug-likeness (QED) is 0.581. The van der Waals surface area contributed by atoms with E-state index in [1.54, 1.807) is 6.92 Å². The minimum atomic E-state index is -0.676. The summed E-state index contributed by atoms with van der Waals surface area (Å²) in [6.45, 7) is 3.09. The van der Waals surface area contributed by atoms with E-state index in [0.717, 1.165) is 4.90 Å². The number of nitrogens with zero attached hydrogens (tertiary/aromatic N) is 1. The van der Waals surface area contributed by atoms with Gasteiger partial charge in [0.2, 0.25) is 0 Å². The van der Waals surface area contributed by atoms with E-state index in [1.165, 1.54) is 24.3 Å². The predicted molar refractivity (Wildman–Crippen MR) is 89.9 cm³/mol. The topological polar surface area (TPSA) is 63.7 Å². The van der Waals surface area contributed by atoms with Crippen molar-refractivity contribution in [2.45, 2.75) is 26.4 Å². The van der Waals surface area contributed by atoms with Crippen molar-refractivity contribution in [3.05, 3.63) is 39.5 Å². The first-order valence-electron chi connectivity index (χ1n) is 7.22. The number of esters is 1. The first-order valence-corrected chi connectivity index (χ1v) is 8.41. The van der Waals surface area contributed by atoms with Crippen molar-refractivity contribution in [2.75, 3.05) is 6.54 Å². The zero-order valence-corrected chi connectivity index (χ0v) is 14.6. The van der Waals surface area contributed by atoms with Crippen LogP contribution >= 0.6 is 23.4 Å². The summed E-state index contributed by atoms with van der Waals surface area (Å²) in [5.74, 6) is -1.95. The second kappa shape index (κ2) is 7.81. The normalized spacial score (nSPS) is 17.5. The molecule has 8 heteroatoms. The molecule has 1 fully saturated rings. The van der Waals surface area contributed by atoms with Crippen LogP contribution in [0.15, 0.2) is 23.1 Å². The maximum absolute atomic E-state index is 13.8. The molecule has 1 aromatic rings. The highest BCUT2D eigenvalue weighted by Crippen LogP contribution is 2.34. The van der Waals surface area contributed by atoms with Crippen LogP contribution in [0.5, 0.6) is 0 Å². The number of hydrogen-bond acceptors (Lipinski definition) is 5. The molecule has 0 spiro atoms. The van der Waals surface area contributed by atoms with Crippen molar-refractivity contribution in [1.29, 1.82) is 0 Å². The largest absolute Gasteiger partial charge is 0.461 e. The highest BCUT2D eigenvalue weighted by Gasteiger charge is 2.37. The Balaban J connectivity index is 2.17. The number of thioether (sulfide) groups is 1. The highest BCUT2D eigenvalue weighted by molar-refractivity contribution is 8.18. The van der Waals surface area contributed by atoms with Gasteiger partial charge in [-0.15, -0.1) is 0 Å². The van der Waals surface area contributed by atoms with E-state index in [0.29, 0.717) is 18.2 Å². The molecule has 0 N–H and O–H groups in total. The number of amides is 2. The summed E-state index contributed by atoms with van der Waals surface area (Å²) in [6.07, 6.45) is 1.53. The molecule has 1 atom stereocenters. The van der Waals surface area contributed by atoms with Gasteiger partial charge in [-0.25, -0.2) is 4.39 Å². The molecule has 0 saturated carbocycles. The molecule has 2 amide bonds. The average molecular weight is 372 g/mol. The summed E-state index contributed by atoms with van der Waals surface area (Å²) in [4.78, 5) is 36.7. The fraction of sp³-hybridized carbons (Fsp3) is 0.312. The summed E-state index contributed by atoms with van der Waals surface area (Å²) in [6, 6.07) is 4.11. The van der Waals surface area contributed by atoms with Crippen LogP contribution in [0, 0.1) is 5.82 Å². The molecule has 1 aliphatic rings. The van der Waals surface area contributed by atoms with Crippen LogP contribution in [-0.4, -0.2) is 34.7 Å². The average Bonchev–Trinajstić information content (AvgIpc) is 2.78. The third-order valence-electron chi connectivity index (χ3n) is 3.34. The highest BCUT2D eigenvalue weighted by atomic mass is 35.5. The smallest absolute Gasteiger partial charge is 0.326 e. The van der Waals surface area contributed by atoms with E-state index in [9.17, 15) is 18.8 Å². The van der Waals surface area contributed by atoms with E-state index < -0.39 is 29.5 Å². The van der Waals surface area contributed by atoms with Gasteiger partial charge in [-0.3, -0.25) is 19.3 Å². The van der Waals surface area contributed by atoms with Crippen LogP contribution < -0.4 is 0 Å². The molecule has 5 nitrogen and oxygen atoms in total. The van der Waals surface area contributed by atoms with E-state index in [2.05, 4.69) is 0 Å². The Hall–Kier alpha value is -1.86. The Labute approximate surface area is 147 Å². The summed E-state index contributed by atoms with van der Waals surface area (Å²) >= 11 is 6.53. The third-order valence-corrected chi connectivity index (χ3v) is 4.58. The minimum Gasteiger partial charge on any atom is -0.461 e. The lowest BCUT2D eigenvalue weighted by molar-refractivity contribution is -0.150. The van der Waals surface area contributed by atoms with E-state index in [1.807, 2.05) is 6.92 Å². The molecule has 1 aromatic carbocycles. The van der Waals surface area contributed by atoms with Crippen molar-refractivity contribution in [2.24, 2.45) is 0 Å². The number of ether oxygens (including phenoxy) is 1. The number of carbonyl (C=O) groups is 3. The monoisotopic (exact) mass is 371 g/mol. The van der Waals surface area contributed by atoms with Crippen molar-refractivity contribution in [3.63, 3.8) is 0 Å². The Morgan fingerprint density at radius 3 is 2.79 bits per heavy atom. The number of imide groups is 1. The Bertz CT molecular complexity index is 702. The second-order valence-electron chi connectivity index (χ2n) is 5.11. The van der Waals surface area contributed by atoms with Crippen LogP contribution in [0.25, 0.3) is 6.08 Å². The van der Waals surface area contributed by atoms with Crippen LogP contribution in [0.1, 0.15) is 25.8 Å². The molecular weight excluding hydrogens is 357 g/mol. The maximum atomic E-state index is 13.8. The van der Waals surface area contributed by atoms with Gasteiger partial charge in [0, 0.05) is 5.56 Å². The van der Waals surface area contributed by atoms with Gasteiger partial charge >= 0.3 is 5.97 Å². The lowest BCUT2D eigenvalue weighted by Crippen LogP contribution is -2.35. The SMILES string of the molecule is CC[C@@H](C)OC(=O)CN1C(=O)S/C(=C\c2c(F)cccc2Cl)C1=O. The first-order chi connectivity index (χ1) is 11.3. The molecule has 1 aliphatic heterocycles. The van der Waals surface area contributed by atoms with Crippen molar-refractivity contribution in [1.82, 2.24) is 4.90 Å². The molecule has 0 aromatic heterocycles. The van der Waals surface area contributed by atoms with Gasteiger partial charge in [0.15, 0.2) is 0 Å². The van der Waals surface area contributed by atoms with Gasteiger partial charge in [-0.05, 0) is 43.3 Å². The molecule has 0 aliphatic carbocycles. The second-order valence-corrected chi connectivity index (χ2v) is 6.51.